The normalized spacial score (nSPS) is 10.1. The maximum atomic E-state index is 12.8. The average Bonchev–Trinajstić information content (AvgIpc) is 2.30. The van der Waals surface area contributed by atoms with E-state index in [-0.39, 0.29) is 5.69 Å². The van der Waals surface area contributed by atoms with E-state index in [0.717, 1.165) is 13.3 Å². The number of nitriles is 1. The molecule has 1 heterocycles. The molecule has 1 aromatic rings. The van der Waals surface area contributed by atoms with Crippen LogP contribution in [0.1, 0.15) is 23.2 Å². The Morgan fingerprint density at radius 3 is 2.82 bits per heavy atom. The topological polar surface area (TPSA) is 83.2 Å². The average molecular weight is 242 g/mol. The van der Waals surface area contributed by atoms with E-state index in [0.29, 0.717) is 0 Å². The Bertz CT molecular complexity index is 483. The molecule has 0 saturated carbocycles. The van der Waals surface area contributed by atoms with Crippen LogP contribution in [0.3, 0.4) is 0 Å². The van der Waals surface area contributed by atoms with E-state index >= 15 is 0 Å². The van der Waals surface area contributed by atoms with Crippen LogP contribution < -0.4 is 0 Å². The summed E-state index contributed by atoms with van der Waals surface area (Å²) in [7, 11) is 1.11. The molecule has 0 amide bonds. The minimum Gasteiger partial charge on any atom is -0.505 e. The van der Waals surface area contributed by atoms with Crippen molar-refractivity contribution in [2.45, 2.75) is 12.8 Å². The number of rotatable bonds is 3. The van der Waals surface area contributed by atoms with Gasteiger partial charge >= 0.3 is 5.97 Å². The molecular weight excluding hydrogens is 234 g/mol. The van der Waals surface area contributed by atoms with Crippen molar-refractivity contribution in [3.05, 3.63) is 23.0 Å². The van der Waals surface area contributed by atoms with Gasteiger partial charge in [-0.2, -0.15) is 5.26 Å². The molecule has 7 heteroatoms. The van der Waals surface area contributed by atoms with E-state index in [9.17, 15) is 18.7 Å². The quantitative estimate of drug-likeness (QED) is 0.808. The van der Waals surface area contributed by atoms with E-state index in [1.54, 1.807) is 0 Å². The highest BCUT2D eigenvalue weighted by Gasteiger charge is 2.23. The minimum absolute atomic E-state index is 0.277. The molecule has 90 valence electrons. The molecule has 1 aromatic heterocycles. The highest BCUT2D eigenvalue weighted by atomic mass is 19.3. The number of carbonyl (C=O) groups excluding carboxylic acids is 1. The van der Waals surface area contributed by atoms with Crippen molar-refractivity contribution in [3.8, 4) is 11.8 Å². The molecule has 17 heavy (non-hydrogen) atoms. The van der Waals surface area contributed by atoms with E-state index in [4.69, 9.17) is 5.26 Å². The largest absolute Gasteiger partial charge is 0.505 e. The van der Waals surface area contributed by atoms with E-state index in [1.165, 1.54) is 6.07 Å². The Hall–Kier alpha value is -2.23. The Balaban J connectivity index is 3.31. The summed E-state index contributed by atoms with van der Waals surface area (Å²) in [5, 5.41) is 17.9. The van der Waals surface area contributed by atoms with Crippen molar-refractivity contribution in [3.63, 3.8) is 0 Å². The predicted molar refractivity (Wildman–Crippen MR) is 51.3 cm³/mol. The van der Waals surface area contributed by atoms with Crippen molar-refractivity contribution in [1.82, 2.24) is 4.98 Å². The van der Waals surface area contributed by atoms with Gasteiger partial charge in [0.15, 0.2) is 5.75 Å². The smallest absolute Gasteiger partial charge is 0.311 e. The summed E-state index contributed by atoms with van der Waals surface area (Å²) in [4.78, 5) is 14.5. The zero-order valence-electron chi connectivity index (χ0n) is 8.78. The molecule has 0 aliphatic heterocycles. The summed E-state index contributed by atoms with van der Waals surface area (Å²) in [6.07, 6.45) is -2.64. The Labute approximate surface area is 95.3 Å². The van der Waals surface area contributed by atoms with Crippen molar-refractivity contribution < 1.29 is 23.4 Å². The maximum Gasteiger partial charge on any atom is 0.311 e. The molecule has 0 fully saturated rings. The van der Waals surface area contributed by atoms with E-state index in [2.05, 4.69) is 9.72 Å². The highest BCUT2D eigenvalue weighted by molar-refractivity contribution is 5.72. The number of esters is 1. The van der Waals surface area contributed by atoms with Gasteiger partial charge in [-0.3, -0.25) is 9.78 Å². The zero-order chi connectivity index (χ0) is 13.0. The molecule has 0 spiro atoms. The van der Waals surface area contributed by atoms with Gasteiger partial charge in [0.2, 0.25) is 0 Å². The van der Waals surface area contributed by atoms with Crippen molar-refractivity contribution in [2.24, 2.45) is 0 Å². The standard InChI is InChI=1S/C10H8F2N2O3/c1-17-8(16)2-6-9(10(11)12)5(3-13)7(15)4-14-6/h4,10,15H,2H2,1H3. The summed E-state index contributed by atoms with van der Waals surface area (Å²) in [6, 6.07) is 1.45. The van der Waals surface area contributed by atoms with E-state index in [1.807, 2.05) is 0 Å². The lowest BCUT2D eigenvalue weighted by molar-refractivity contribution is -0.139. The van der Waals surface area contributed by atoms with Crippen LogP contribution in [0.4, 0.5) is 8.78 Å². The van der Waals surface area contributed by atoms with Crippen LogP contribution in [0.25, 0.3) is 0 Å². The van der Waals surface area contributed by atoms with Gasteiger partial charge in [-0.25, -0.2) is 8.78 Å². The van der Waals surface area contributed by atoms with E-state index < -0.39 is 35.7 Å². The van der Waals surface area contributed by atoms with Gasteiger partial charge in [-0.05, 0) is 0 Å². The van der Waals surface area contributed by atoms with Crippen LogP contribution in [0, 0.1) is 11.3 Å². The van der Waals surface area contributed by atoms with Crippen molar-refractivity contribution in [2.75, 3.05) is 7.11 Å². The second-order valence-corrected chi connectivity index (χ2v) is 3.04. The third kappa shape index (κ3) is 2.66. The van der Waals surface area contributed by atoms with Crippen LogP contribution in [0.5, 0.6) is 5.75 Å². The van der Waals surface area contributed by atoms with Gasteiger partial charge < -0.3 is 9.84 Å². The number of hydrogen-bond donors (Lipinski definition) is 1. The first-order valence-corrected chi connectivity index (χ1v) is 4.47. The lowest BCUT2D eigenvalue weighted by atomic mass is 10.0. The van der Waals surface area contributed by atoms with Crippen LogP contribution in [-0.4, -0.2) is 23.2 Å². The van der Waals surface area contributed by atoms with Crippen LogP contribution in [0.15, 0.2) is 6.20 Å². The molecule has 0 aromatic carbocycles. The number of ether oxygens (including phenoxy) is 1. The summed E-state index contributed by atoms with van der Waals surface area (Å²) in [5.41, 5.74) is -1.59. The lowest BCUT2D eigenvalue weighted by Gasteiger charge is -2.09. The molecule has 0 aliphatic carbocycles. The second kappa shape index (κ2) is 5.21. The Morgan fingerprint density at radius 2 is 2.35 bits per heavy atom. The molecule has 1 rings (SSSR count). The maximum absolute atomic E-state index is 12.8. The Morgan fingerprint density at radius 1 is 1.71 bits per heavy atom. The number of methoxy groups -OCH3 is 1. The number of aromatic hydroxyl groups is 1. The number of carbonyl (C=O) groups is 1. The zero-order valence-corrected chi connectivity index (χ0v) is 8.78. The number of halogens is 2. The van der Waals surface area contributed by atoms with Crippen LogP contribution >= 0.6 is 0 Å². The molecule has 0 radical (unpaired) electrons. The van der Waals surface area contributed by atoms with Gasteiger partial charge in [0.1, 0.15) is 11.6 Å². The fraction of sp³-hybridized carbons (Fsp3) is 0.300. The van der Waals surface area contributed by atoms with Gasteiger partial charge in [-0.1, -0.05) is 0 Å². The molecule has 5 nitrogen and oxygen atoms in total. The molecule has 1 N–H and O–H groups in total. The van der Waals surface area contributed by atoms with Crippen molar-refractivity contribution in [1.29, 1.82) is 5.26 Å². The third-order valence-corrected chi connectivity index (χ3v) is 2.05. The fourth-order valence-electron chi connectivity index (χ4n) is 1.26. The number of nitrogens with zero attached hydrogens (tertiary/aromatic N) is 2. The first kappa shape index (κ1) is 12.8. The molecule has 0 bridgehead atoms. The number of alkyl halides is 2. The second-order valence-electron chi connectivity index (χ2n) is 3.04. The molecule has 0 saturated heterocycles. The highest BCUT2D eigenvalue weighted by Crippen LogP contribution is 2.30. The molecule has 0 aliphatic rings. The number of hydrogen-bond acceptors (Lipinski definition) is 5. The monoisotopic (exact) mass is 242 g/mol. The first-order chi connectivity index (χ1) is 8.01. The summed E-state index contributed by atoms with van der Waals surface area (Å²) >= 11 is 0. The minimum atomic E-state index is -3.01. The van der Waals surface area contributed by atoms with Gasteiger partial charge in [-0.15, -0.1) is 0 Å². The summed E-state index contributed by atoms with van der Waals surface area (Å²) in [6.45, 7) is 0. The molecule has 0 atom stereocenters. The van der Waals surface area contributed by atoms with Crippen LogP contribution in [-0.2, 0) is 16.0 Å². The molecule has 0 unspecified atom stereocenters. The van der Waals surface area contributed by atoms with Crippen molar-refractivity contribution >= 4 is 5.97 Å². The number of pyridine rings is 1. The lowest BCUT2D eigenvalue weighted by Crippen LogP contribution is -2.10. The fourth-order valence-corrected chi connectivity index (χ4v) is 1.26. The van der Waals surface area contributed by atoms with Gasteiger partial charge in [0.05, 0.1) is 31.0 Å². The summed E-state index contributed by atoms with van der Waals surface area (Å²) < 4.78 is 29.8. The SMILES string of the molecule is COC(=O)Cc1ncc(O)c(C#N)c1C(F)F. The predicted octanol–water partition coefficient (Wildman–Crippen LogP) is 1.31. The summed E-state index contributed by atoms with van der Waals surface area (Å²) in [5.74, 6) is -1.40. The third-order valence-electron chi connectivity index (χ3n) is 2.05. The molecular formula is C10H8F2N2O3. The Kier molecular flexibility index (Phi) is 3.93. The first-order valence-electron chi connectivity index (χ1n) is 4.47. The van der Waals surface area contributed by atoms with Gasteiger partial charge in [0, 0.05) is 0 Å². The van der Waals surface area contributed by atoms with Gasteiger partial charge in [0.25, 0.3) is 6.43 Å². The van der Waals surface area contributed by atoms with Crippen LogP contribution in [0.2, 0.25) is 0 Å². The number of aromatic nitrogens is 1.